The topological polar surface area (TPSA) is 58.6 Å². The summed E-state index contributed by atoms with van der Waals surface area (Å²) in [5.41, 5.74) is 2.71. The molecule has 0 saturated heterocycles. The number of benzene rings is 1. The van der Waals surface area contributed by atoms with Crippen molar-refractivity contribution < 1.29 is 14.7 Å². The number of amides is 1. The minimum atomic E-state index is -0.574. The third-order valence-corrected chi connectivity index (χ3v) is 2.32. The zero-order chi connectivity index (χ0) is 9.97. The lowest BCUT2D eigenvalue weighted by Gasteiger charge is -2.24. The van der Waals surface area contributed by atoms with Crippen molar-refractivity contribution in [3.8, 4) is 5.75 Å². The number of hydroxylamine groups is 1. The van der Waals surface area contributed by atoms with Crippen LogP contribution in [-0.4, -0.2) is 17.2 Å². The average molecular weight is 193 g/mol. The molecule has 74 valence electrons. The molecule has 0 fully saturated rings. The van der Waals surface area contributed by atoms with Gasteiger partial charge in [0.05, 0.1) is 0 Å². The van der Waals surface area contributed by atoms with Crippen LogP contribution in [0.25, 0.3) is 0 Å². The van der Waals surface area contributed by atoms with Gasteiger partial charge < -0.3 is 4.74 Å². The molecule has 2 N–H and O–H groups in total. The van der Waals surface area contributed by atoms with Gasteiger partial charge >= 0.3 is 0 Å². The molecule has 2 rings (SSSR count). The summed E-state index contributed by atoms with van der Waals surface area (Å²) in [6.07, 6.45) is 0.826. The molecule has 1 aliphatic rings. The minimum Gasteiger partial charge on any atom is -0.480 e. The Hall–Kier alpha value is -1.55. The molecule has 1 amide bonds. The molecule has 0 spiro atoms. The van der Waals surface area contributed by atoms with E-state index in [0.717, 1.165) is 17.7 Å². The van der Waals surface area contributed by atoms with E-state index in [1.165, 1.54) is 0 Å². The lowest BCUT2D eigenvalue weighted by Crippen LogP contribution is -2.38. The molecule has 4 heteroatoms. The fourth-order valence-corrected chi connectivity index (χ4v) is 1.58. The first kappa shape index (κ1) is 9.02. The molecule has 0 aromatic heterocycles. The van der Waals surface area contributed by atoms with E-state index in [1.54, 1.807) is 5.48 Å². The van der Waals surface area contributed by atoms with Gasteiger partial charge in [0, 0.05) is 0 Å². The van der Waals surface area contributed by atoms with Gasteiger partial charge in [-0.1, -0.05) is 18.2 Å². The first-order chi connectivity index (χ1) is 6.81. The van der Waals surface area contributed by atoms with Gasteiger partial charge in [-0.15, -0.1) is 0 Å². The first-order valence-electron chi connectivity index (χ1n) is 4.50. The van der Waals surface area contributed by atoms with Crippen LogP contribution in [0, 0.1) is 0 Å². The summed E-state index contributed by atoms with van der Waals surface area (Å²) in [5, 5.41) is 8.46. The van der Waals surface area contributed by atoms with Gasteiger partial charge in [-0.05, 0) is 24.5 Å². The fraction of sp³-hybridized carbons (Fsp3) is 0.300. The van der Waals surface area contributed by atoms with Crippen LogP contribution in [0.2, 0.25) is 0 Å². The largest absolute Gasteiger partial charge is 0.480 e. The normalized spacial score (nSPS) is 19.4. The standard InChI is InChI=1S/C10H11NO3/c12-10(11-13)9-6-5-7-3-1-2-4-8(7)14-9/h1-4,9,13H,5-6H2,(H,11,12)/t9-/m0/s1. The number of carbonyl (C=O) groups excluding carboxylic acids is 1. The number of hydrogen-bond acceptors (Lipinski definition) is 3. The SMILES string of the molecule is O=C(NO)[C@@H]1CCc2ccccc2O1. The number of fused-ring (bicyclic) bond motifs is 1. The molecule has 1 aromatic carbocycles. The van der Waals surface area contributed by atoms with Crippen LogP contribution in [0.5, 0.6) is 5.75 Å². The number of aryl methyl sites for hydroxylation is 1. The number of rotatable bonds is 1. The summed E-state index contributed by atoms with van der Waals surface area (Å²) in [6, 6.07) is 7.60. The number of para-hydroxylation sites is 1. The van der Waals surface area contributed by atoms with E-state index in [9.17, 15) is 4.79 Å². The summed E-state index contributed by atoms with van der Waals surface area (Å²) in [6.45, 7) is 0. The third-order valence-electron chi connectivity index (χ3n) is 2.32. The number of hydrogen-bond donors (Lipinski definition) is 2. The maximum atomic E-state index is 11.1. The Kier molecular flexibility index (Phi) is 2.37. The highest BCUT2D eigenvalue weighted by molar-refractivity contribution is 5.80. The quantitative estimate of drug-likeness (QED) is 0.514. The lowest BCUT2D eigenvalue weighted by atomic mass is 10.0. The van der Waals surface area contributed by atoms with Gasteiger partial charge in [0.25, 0.3) is 5.91 Å². The van der Waals surface area contributed by atoms with Crippen molar-refractivity contribution in [3.63, 3.8) is 0 Å². The summed E-state index contributed by atoms with van der Waals surface area (Å²) >= 11 is 0. The molecule has 0 saturated carbocycles. The molecule has 4 nitrogen and oxygen atoms in total. The monoisotopic (exact) mass is 193 g/mol. The van der Waals surface area contributed by atoms with Crippen molar-refractivity contribution in [3.05, 3.63) is 29.8 Å². The number of ether oxygens (including phenoxy) is 1. The second-order valence-electron chi connectivity index (χ2n) is 3.23. The van der Waals surface area contributed by atoms with Gasteiger partial charge in [0.15, 0.2) is 6.10 Å². The number of nitrogens with one attached hydrogen (secondary N) is 1. The van der Waals surface area contributed by atoms with Crippen LogP contribution in [0.1, 0.15) is 12.0 Å². The van der Waals surface area contributed by atoms with E-state index in [-0.39, 0.29) is 0 Å². The molecule has 1 aromatic rings. The van der Waals surface area contributed by atoms with Crippen LogP contribution in [0.3, 0.4) is 0 Å². The molecule has 1 aliphatic heterocycles. The predicted molar refractivity (Wildman–Crippen MR) is 49.1 cm³/mol. The van der Waals surface area contributed by atoms with E-state index in [0.29, 0.717) is 6.42 Å². The Balaban J connectivity index is 2.17. The molecule has 1 heterocycles. The summed E-state index contributed by atoms with van der Waals surface area (Å²) < 4.78 is 5.41. The molecular formula is C10H11NO3. The van der Waals surface area contributed by atoms with Crippen molar-refractivity contribution in [1.82, 2.24) is 5.48 Å². The predicted octanol–water partition coefficient (Wildman–Crippen LogP) is 0.886. The van der Waals surface area contributed by atoms with Crippen LogP contribution < -0.4 is 10.2 Å². The van der Waals surface area contributed by atoms with Crippen molar-refractivity contribution in [2.45, 2.75) is 18.9 Å². The van der Waals surface area contributed by atoms with E-state index in [2.05, 4.69) is 0 Å². The highest BCUT2D eigenvalue weighted by atomic mass is 16.5. The fourth-order valence-electron chi connectivity index (χ4n) is 1.58. The van der Waals surface area contributed by atoms with Crippen LogP contribution >= 0.6 is 0 Å². The first-order valence-corrected chi connectivity index (χ1v) is 4.50. The van der Waals surface area contributed by atoms with Crippen LogP contribution in [0.15, 0.2) is 24.3 Å². The smallest absolute Gasteiger partial charge is 0.284 e. The molecular weight excluding hydrogens is 182 g/mol. The molecule has 0 bridgehead atoms. The highest BCUT2D eigenvalue weighted by Crippen LogP contribution is 2.26. The Morgan fingerprint density at radius 1 is 1.50 bits per heavy atom. The van der Waals surface area contributed by atoms with Crippen LogP contribution in [0.4, 0.5) is 0 Å². The highest BCUT2D eigenvalue weighted by Gasteiger charge is 2.25. The Morgan fingerprint density at radius 3 is 3.07 bits per heavy atom. The van der Waals surface area contributed by atoms with Crippen molar-refractivity contribution in [2.75, 3.05) is 0 Å². The summed E-state index contributed by atoms with van der Waals surface area (Å²) in [5.74, 6) is 0.242. The van der Waals surface area contributed by atoms with Crippen molar-refractivity contribution in [2.24, 2.45) is 0 Å². The molecule has 0 radical (unpaired) electrons. The lowest BCUT2D eigenvalue weighted by molar-refractivity contribution is -0.137. The maximum Gasteiger partial charge on any atom is 0.284 e. The maximum absolute atomic E-state index is 11.1. The van der Waals surface area contributed by atoms with Crippen molar-refractivity contribution >= 4 is 5.91 Å². The van der Waals surface area contributed by atoms with Crippen molar-refractivity contribution in [1.29, 1.82) is 0 Å². The number of carbonyl (C=O) groups is 1. The summed E-state index contributed by atoms with van der Waals surface area (Å²) in [7, 11) is 0. The van der Waals surface area contributed by atoms with Gasteiger partial charge in [-0.2, -0.15) is 0 Å². The van der Waals surface area contributed by atoms with E-state index >= 15 is 0 Å². The van der Waals surface area contributed by atoms with E-state index in [4.69, 9.17) is 9.94 Å². The molecule has 14 heavy (non-hydrogen) atoms. The summed E-state index contributed by atoms with van der Waals surface area (Å²) in [4.78, 5) is 11.1. The Labute approximate surface area is 81.5 Å². The zero-order valence-corrected chi connectivity index (χ0v) is 7.56. The average Bonchev–Trinajstić information content (AvgIpc) is 2.27. The van der Waals surface area contributed by atoms with E-state index in [1.807, 2.05) is 24.3 Å². The molecule has 1 atom stereocenters. The van der Waals surface area contributed by atoms with Gasteiger partial charge in [0.2, 0.25) is 0 Å². The molecule has 0 aliphatic carbocycles. The Bertz CT molecular complexity index is 351. The van der Waals surface area contributed by atoms with E-state index < -0.39 is 12.0 Å². The zero-order valence-electron chi connectivity index (χ0n) is 7.56. The van der Waals surface area contributed by atoms with Gasteiger partial charge in [0.1, 0.15) is 5.75 Å². The Morgan fingerprint density at radius 2 is 2.29 bits per heavy atom. The second kappa shape index (κ2) is 3.67. The minimum absolute atomic E-state index is 0.487. The second-order valence-corrected chi connectivity index (χ2v) is 3.23. The van der Waals surface area contributed by atoms with Gasteiger partial charge in [-0.25, -0.2) is 5.48 Å². The molecule has 0 unspecified atom stereocenters. The third kappa shape index (κ3) is 1.56. The van der Waals surface area contributed by atoms with Gasteiger partial charge in [-0.3, -0.25) is 10.0 Å². The van der Waals surface area contributed by atoms with Crippen LogP contribution in [-0.2, 0) is 11.2 Å².